The average Bonchev–Trinajstić information content (AvgIpc) is 3.45. The number of nitrogens with zero attached hydrogens (tertiary/aromatic N) is 1. The number of phenolic OH excluding ortho intramolecular Hbond substituents is 1. The number of phenols is 1. The Hall–Kier alpha value is -3.06. The van der Waals surface area contributed by atoms with Crippen molar-refractivity contribution in [1.29, 1.82) is 0 Å². The topological polar surface area (TPSA) is 107 Å². The zero-order valence-electron chi connectivity index (χ0n) is 23.2. The van der Waals surface area contributed by atoms with Crippen LogP contribution in [0.3, 0.4) is 0 Å². The van der Waals surface area contributed by atoms with Crippen LogP contribution in [0.5, 0.6) is 11.5 Å². The van der Waals surface area contributed by atoms with Gasteiger partial charge in [-0.05, 0) is 54.6 Å². The molecule has 2 heterocycles. The van der Waals surface area contributed by atoms with Gasteiger partial charge in [-0.2, -0.15) is 0 Å². The van der Waals surface area contributed by atoms with Crippen LogP contribution in [0.4, 0.5) is 0 Å². The van der Waals surface area contributed by atoms with Crippen molar-refractivity contribution in [2.45, 2.75) is 90.5 Å². The van der Waals surface area contributed by atoms with Gasteiger partial charge in [0.25, 0.3) is 5.91 Å². The van der Waals surface area contributed by atoms with Crippen LogP contribution in [-0.2, 0) is 24.2 Å². The largest absolute Gasteiger partial charge is 0.508 e. The van der Waals surface area contributed by atoms with Crippen molar-refractivity contribution < 1.29 is 29.6 Å². The first-order valence-electron chi connectivity index (χ1n) is 14.2. The summed E-state index contributed by atoms with van der Waals surface area (Å²) >= 11 is 0. The SMILES string of the molecule is C[C@H]1CC[C@H]2C(C)(C)[C@H](O)CC[C@]2(C)[C@@]12Cc1c(O)cc3c(c1O2)CN(C(Cc1ccccc1)C(=O)O)C3=O. The minimum atomic E-state index is -1.06. The van der Waals surface area contributed by atoms with E-state index < -0.39 is 23.5 Å². The third kappa shape index (κ3) is 3.58. The fourth-order valence-corrected chi connectivity index (χ4v) is 8.71. The van der Waals surface area contributed by atoms with E-state index in [1.807, 2.05) is 30.3 Å². The molecule has 0 aromatic heterocycles. The number of hydrogen-bond acceptors (Lipinski definition) is 5. The Morgan fingerprint density at radius 1 is 1.13 bits per heavy atom. The smallest absolute Gasteiger partial charge is 0.326 e. The minimum absolute atomic E-state index is 0.0405. The Bertz CT molecular complexity index is 1340. The molecule has 6 atom stereocenters. The Kier molecular flexibility index (Phi) is 5.85. The molecule has 2 aliphatic heterocycles. The summed E-state index contributed by atoms with van der Waals surface area (Å²) < 4.78 is 7.06. The number of ether oxygens (including phenoxy) is 1. The highest BCUT2D eigenvalue weighted by atomic mass is 16.5. The summed E-state index contributed by atoms with van der Waals surface area (Å²) in [6.45, 7) is 8.98. The van der Waals surface area contributed by atoms with Crippen molar-refractivity contribution in [3.63, 3.8) is 0 Å². The lowest BCUT2D eigenvalue weighted by molar-refractivity contribution is -0.210. The molecule has 0 saturated heterocycles. The third-order valence-corrected chi connectivity index (χ3v) is 11.1. The number of aliphatic hydroxyl groups is 1. The Balaban J connectivity index is 1.38. The molecule has 1 amide bonds. The van der Waals surface area contributed by atoms with E-state index in [0.717, 1.165) is 30.4 Å². The van der Waals surface area contributed by atoms with Crippen molar-refractivity contribution in [2.24, 2.45) is 22.7 Å². The van der Waals surface area contributed by atoms with E-state index in [9.17, 15) is 24.9 Å². The third-order valence-electron chi connectivity index (χ3n) is 11.1. The second-order valence-corrected chi connectivity index (χ2v) is 13.2. The van der Waals surface area contributed by atoms with Crippen LogP contribution in [0.25, 0.3) is 0 Å². The summed E-state index contributed by atoms with van der Waals surface area (Å²) in [5, 5.41) is 32.2. The maximum Gasteiger partial charge on any atom is 0.326 e. The van der Waals surface area contributed by atoms with E-state index in [0.29, 0.717) is 29.7 Å². The van der Waals surface area contributed by atoms with E-state index in [2.05, 4.69) is 27.7 Å². The van der Waals surface area contributed by atoms with Gasteiger partial charge in [0.05, 0.1) is 18.2 Å². The van der Waals surface area contributed by atoms with Crippen molar-refractivity contribution >= 4 is 11.9 Å². The highest BCUT2D eigenvalue weighted by Gasteiger charge is 2.67. The molecule has 3 N–H and O–H groups in total. The molecule has 1 unspecified atom stereocenters. The molecule has 7 heteroatoms. The summed E-state index contributed by atoms with van der Waals surface area (Å²) in [6, 6.07) is 9.81. The maximum absolute atomic E-state index is 13.6. The minimum Gasteiger partial charge on any atom is -0.508 e. The lowest BCUT2D eigenvalue weighted by Gasteiger charge is -2.64. The molecule has 2 aromatic carbocycles. The van der Waals surface area contributed by atoms with E-state index in [-0.39, 0.29) is 47.5 Å². The van der Waals surface area contributed by atoms with Crippen LogP contribution in [0, 0.1) is 22.7 Å². The van der Waals surface area contributed by atoms with Crippen LogP contribution in [0.1, 0.15) is 80.4 Å². The molecule has 1 spiro atoms. The number of fused-ring (bicyclic) bond motifs is 5. The number of aromatic hydroxyl groups is 1. The lowest BCUT2D eigenvalue weighted by atomic mass is 9.43. The summed E-state index contributed by atoms with van der Waals surface area (Å²) in [5.74, 6) is -0.391. The molecule has 0 bridgehead atoms. The second kappa shape index (κ2) is 8.72. The predicted molar refractivity (Wildman–Crippen MR) is 146 cm³/mol. The Morgan fingerprint density at radius 2 is 1.85 bits per heavy atom. The molecule has 39 heavy (non-hydrogen) atoms. The van der Waals surface area contributed by atoms with Gasteiger partial charge in [-0.1, -0.05) is 58.0 Å². The van der Waals surface area contributed by atoms with Gasteiger partial charge in [-0.3, -0.25) is 4.79 Å². The van der Waals surface area contributed by atoms with E-state index in [4.69, 9.17) is 4.74 Å². The molecule has 2 fully saturated rings. The van der Waals surface area contributed by atoms with Gasteiger partial charge >= 0.3 is 5.97 Å². The zero-order valence-corrected chi connectivity index (χ0v) is 23.2. The predicted octanol–water partition coefficient (Wildman–Crippen LogP) is 4.95. The van der Waals surface area contributed by atoms with Crippen molar-refractivity contribution in [3.05, 3.63) is 58.7 Å². The number of amides is 1. The average molecular weight is 534 g/mol. The van der Waals surface area contributed by atoms with E-state index >= 15 is 0 Å². The number of aliphatic carboxylic acids is 1. The van der Waals surface area contributed by atoms with Crippen LogP contribution < -0.4 is 4.74 Å². The highest BCUT2D eigenvalue weighted by Crippen LogP contribution is 2.67. The standard InChI is InChI=1S/C32H39NO6/c1-18-10-11-25-30(2,3)26(35)12-13-31(25,4)32(18)16-21-24(34)15-20-22(27(21)39-32)17-33(28(20)36)23(29(37)38)14-19-8-6-5-7-9-19/h5-9,15,18,23,25-26,34-35H,10-14,16-17H2,1-4H3,(H,37,38)/t18-,23?,25-,26+,31-,32+/m0/s1. The van der Waals surface area contributed by atoms with Gasteiger partial charge in [-0.25, -0.2) is 4.79 Å². The van der Waals surface area contributed by atoms with Gasteiger partial charge in [0, 0.05) is 29.4 Å². The number of carboxylic acid groups (broad SMARTS) is 1. The quantitative estimate of drug-likeness (QED) is 0.513. The Labute approximate surface area is 229 Å². The molecule has 7 nitrogen and oxygen atoms in total. The van der Waals surface area contributed by atoms with Crippen LogP contribution >= 0.6 is 0 Å². The normalized spacial score (nSPS) is 33.3. The summed E-state index contributed by atoms with van der Waals surface area (Å²) in [5.41, 5.74) is 1.50. The first-order chi connectivity index (χ1) is 18.4. The molecule has 0 radical (unpaired) electrons. The number of aliphatic hydroxyl groups excluding tert-OH is 1. The fourth-order valence-electron chi connectivity index (χ4n) is 8.71. The molecule has 2 aromatic rings. The zero-order chi connectivity index (χ0) is 27.9. The van der Waals surface area contributed by atoms with Crippen molar-refractivity contribution in [3.8, 4) is 11.5 Å². The van der Waals surface area contributed by atoms with E-state index in [1.165, 1.54) is 11.0 Å². The molecule has 208 valence electrons. The van der Waals surface area contributed by atoms with Gasteiger partial charge in [0.15, 0.2) is 0 Å². The van der Waals surface area contributed by atoms with Crippen molar-refractivity contribution in [1.82, 2.24) is 4.90 Å². The number of carbonyl (C=O) groups is 2. The molecule has 4 aliphatic rings. The van der Waals surface area contributed by atoms with Crippen LogP contribution in [-0.4, -0.2) is 49.8 Å². The first-order valence-corrected chi connectivity index (χ1v) is 14.2. The van der Waals surface area contributed by atoms with E-state index in [1.54, 1.807) is 0 Å². The summed E-state index contributed by atoms with van der Waals surface area (Å²) in [6.07, 6.45) is 3.87. The number of hydrogen-bond donors (Lipinski definition) is 3. The van der Waals surface area contributed by atoms with Gasteiger partial charge in [0.2, 0.25) is 0 Å². The molecule has 2 aliphatic carbocycles. The second-order valence-electron chi connectivity index (χ2n) is 13.2. The van der Waals surface area contributed by atoms with Gasteiger partial charge in [0.1, 0.15) is 23.1 Å². The van der Waals surface area contributed by atoms with Gasteiger partial charge in [-0.15, -0.1) is 0 Å². The monoisotopic (exact) mass is 533 g/mol. The number of benzene rings is 2. The molecule has 2 saturated carbocycles. The van der Waals surface area contributed by atoms with Gasteiger partial charge < -0.3 is 25.0 Å². The Morgan fingerprint density at radius 3 is 2.54 bits per heavy atom. The summed E-state index contributed by atoms with van der Waals surface area (Å²) in [4.78, 5) is 27.4. The summed E-state index contributed by atoms with van der Waals surface area (Å²) in [7, 11) is 0. The first kappa shape index (κ1) is 26.2. The number of rotatable bonds is 4. The highest BCUT2D eigenvalue weighted by molar-refractivity contribution is 6.02. The van der Waals surface area contributed by atoms with Crippen molar-refractivity contribution in [2.75, 3.05) is 0 Å². The van der Waals surface area contributed by atoms with Crippen LogP contribution in [0.2, 0.25) is 0 Å². The van der Waals surface area contributed by atoms with Crippen LogP contribution in [0.15, 0.2) is 36.4 Å². The lowest BCUT2D eigenvalue weighted by Crippen LogP contribution is -2.66. The molecular formula is C32H39NO6. The molecule has 6 rings (SSSR count). The molecular weight excluding hydrogens is 494 g/mol. The number of carbonyl (C=O) groups excluding carboxylic acids is 1. The fraction of sp³-hybridized carbons (Fsp3) is 0.562. The maximum atomic E-state index is 13.6. The number of carboxylic acids is 1.